The maximum atomic E-state index is 12.9. The zero-order valence-electron chi connectivity index (χ0n) is 14.9. The summed E-state index contributed by atoms with van der Waals surface area (Å²) < 4.78 is 6.06. The molecule has 1 amide bonds. The van der Waals surface area contributed by atoms with E-state index in [1.54, 1.807) is 0 Å². The van der Waals surface area contributed by atoms with E-state index in [4.69, 9.17) is 4.74 Å². The summed E-state index contributed by atoms with van der Waals surface area (Å²) in [5.41, 5.74) is 0.204. The number of amides is 1. The van der Waals surface area contributed by atoms with Crippen LogP contribution in [0.2, 0.25) is 0 Å². The molecule has 0 aliphatic carbocycles. The molecule has 2 aromatic carbocycles. The lowest BCUT2D eigenvalue weighted by molar-refractivity contribution is -0.142. The first-order valence-corrected chi connectivity index (χ1v) is 8.93. The van der Waals surface area contributed by atoms with Crippen LogP contribution in [0.1, 0.15) is 40.0 Å². The van der Waals surface area contributed by atoms with Gasteiger partial charge >= 0.3 is 0 Å². The van der Waals surface area contributed by atoms with Gasteiger partial charge in [0.25, 0.3) is 5.91 Å². The van der Waals surface area contributed by atoms with Gasteiger partial charge in [-0.05, 0) is 47.6 Å². The van der Waals surface area contributed by atoms with Crippen molar-refractivity contribution in [3.05, 3.63) is 42.5 Å². The highest BCUT2D eigenvalue weighted by atomic mass is 16.5. The van der Waals surface area contributed by atoms with Crippen LogP contribution < -0.4 is 4.74 Å². The third-order valence-corrected chi connectivity index (χ3v) is 4.86. The summed E-state index contributed by atoms with van der Waals surface area (Å²) in [4.78, 5) is 14.9. The van der Waals surface area contributed by atoms with Gasteiger partial charge in [-0.15, -0.1) is 0 Å². The molecule has 0 spiro atoms. The summed E-state index contributed by atoms with van der Waals surface area (Å²) >= 11 is 0. The van der Waals surface area contributed by atoms with Crippen LogP contribution in [0.3, 0.4) is 0 Å². The van der Waals surface area contributed by atoms with Crippen molar-refractivity contribution in [3.63, 3.8) is 0 Å². The van der Waals surface area contributed by atoms with Gasteiger partial charge in [0, 0.05) is 13.1 Å². The van der Waals surface area contributed by atoms with Gasteiger partial charge < -0.3 is 9.64 Å². The van der Waals surface area contributed by atoms with Crippen LogP contribution in [-0.4, -0.2) is 30.0 Å². The van der Waals surface area contributed by atoms with Gasteiger partial charge in [0.05, 0.1) is 0 Å². The number of carbonyl (C=O) groups is 1. The maximum absolute atomic E-state index is 12.9. The van der Waals surface area contributed by atoms with E-state index in [1.165, 1.54) is 11.8 Å². The van der Waals surface area contributed by atoms with Crippen LogP contribution in [0.4, 0.5) is 0 Å². The van der Waals surface area contributed by atoms with Crippen molar-refractivity contribution >= 4 is 16.7 Å². The Balaban J connectivity index is 1.74. The van der Waals surface area contributed by atoms with Crippen molar-refractivity contribution in [1.82, 2.24) is 4.90 Å². The summed E-state index contributed by atoms with van der Waals surface area (Å²) in [6, 6.07) is 14.2. The van der Waals surface area contributed by atoms with Gasteiger partial charge in [0.15, 0.2) is 6.10 Å². The molecule has 1 aliphatic rings. The normalized spacial score (nSPS) is 18.4. The highest BCUT2D eigenvalue weighted by Gasteiger charge is 2.32. The van der Waals surface area contributed by atoms with Crippen LogP contribution in [0.25, 0.3) is 10.8 Å². The van der Waals surface area contributed by atoms with Crippen molar-refractivity contribution in [1.29, 1.82) is 0 Å². The minimum atomic E-state index is -0.403. The lowest BCUT2D eigenvalue weighted by atomic mass is 9.84. The summed E-state index contributed by atoms with van der Waals surface area (Å²) in [6.45, 7) is 8.15. The number of nitrogens with zero attached hydrogens (tertiary/aromatic N) is 1. The molecule has 3 rings (SSSR count). The molecular weight excluding hydrogens is 298 g/mol. The second-order valence-electron chi connectivity index (χ2n) is 7.55. The molecule has 24 heavy (non-hydrogen) atoms. The predicted molar refractivity (Wildman–Crippen MR) is 98.3 cm³/mol. The third-order valence-electron chi connectivity index (χ3n) is 4.86. The maximum Gasteiger partial charge on any atom is 0.263 e. The first-order valence-electron chi connectivity index (χ1n) is 8.93. The number of fused-ring (bicyclic) bond motifs is 1. The fourth-order valence-corrected chi connectivity index (χ4v) is 3.53. The molecule has 3 nitrogen and oxygen atoms in total. The second-order valence-corrected chi connectivity index (χ2v) is 7.55. The number of rotatable bonds is 4. The van der Waals surface area contributed by atoms with Crippen LogP contribution in [-0.2, 0) is 4.79 Å². The Labute approximate surface area is 144 Å². The second kappa shape index (κ2) is 6.84. The van der Waals surface area contributed by atoms with Crippen LogP contribution >= 0.6 is 0 Å². The highest BCUT2D eigenvalue weighted by Crippen LogP contribution is 2.29. The molecule has 1 atom stereocenters. The minimum Gasteiger partial charge on any atom is -0.481 e. The molecule has 0 saturated carbocycles. The van der Waals surface area contributed by atoms with Crippen LogP contribution in [0.15, 0.2) is 42.5 Å². The van der Waals surface area contributed by atoms with Crippen LogP contribution in [0, 0.1) is 5.41 Å². The zero-order valence-corrected chi connectivity index (χ0v) is 14.9. The molecule has 0 aromatic heterocycles. The molecule has 1 fully saturated rings. The van der Waals surface area contributed by atoms with Crippen molar-refractivity contribution in [3.8, 4) is 5.75 Å². The first-order chi connectivity index (χ1) is 11.5. The van der Waals surface area contributed by atoms with E-state index in [9.17, 15) is 4.79 Å². The Morgan fingerprint density at radius 3 is 2.67 bits per heavy atom. The molecular formula is C21H27NO2. The van der Waals surface area contributed by atoms with Crippen molar-refractivity contribution < 1.29 is 9.53 Å². The SMILES string of the molecule is CC[C@@H](Oc1ccc2ccccc2c1)C(=O)N1CCCC(C)(C)C1. The smallest absolute Gasteiger partial charge is 0.263 e. The van der Waals surface area contributed by atoms with E-state index in [2.05, 4.69) is 26.0 Å². The number of carbonyl (C=O) groups excluding carboxylic acids is 1. The fraction of sp³-hybridized carbons (Fsp3) is 0.476. The van der Waals surface area contributed by atoms with Crippen molar-refractivity contribution in [2.24, 2.45) is 5.41 Å². The van der Waals surface area contributed by atoms with Gasteiger partial charge in [0.1, 0.15) is 5.75 Å². The lowest BCUT2D eigenvalue weighted by Crippen LogP contribution is -2.48. The number of piperidine rings is 1. The van der Waals surface area contributed by atoms with Gasteiger partial charge in [-0.1, -0.05) is 51.1 Å². The molecule has 2 aromatic rings. The zero-order chi connectivity index (χ0) is 17.2. The molecule has 0 bridgehead atoms. The van der Waals surface area contributed by atoms with E-state index < -0.39 is 6.10 Å². The average molecular weight is 325 g/mol. The summed E-state index contributed by atoms with van der Waals surface area (Å²) in [7, 11) is 0. The number of benzene rings is 2. The van der Waals surface area contributed by atoms with Gasteiger partial charge in [-0.2, -0.15) is 0 Å². The molecule has 0 radical (unpaired) electrons. The Hall–Kier alpha value is -2.03. The lowest BCUT2D eigenvalue weighted by Gasteiger charge is -2.39. The summed E-state index contributed by atoms with van der Waals surface area (Å²) in [5, 5.41) is 2.32. The topological polar surface area (TPSA) is 29.5 Å². The molecule has 3 heteroatoms. The van der Waals surface area contributed by atoms with E-state index in [1.807, 2.05) is 42.2 Å². The number of likely N-dealkylation sites (tertiary alicyclic amines) is 1. The molecule has 1 heterocycles. The molecule has 0 N–H and O–H groups in total. The molecule has 0 unspecified atom stereocenters. The third kappa shape index (κ3) is 3.72. The van der Waals surface area contributed by atoms with Crippen molar-refractivity contribution in [2.45, 2.75) is 46.1 Å². The fourth-order valence-electron chi connectivity index (χ4n) is 3.53. The Morgan fingerprint density at radius 2 is 1.96 bits per heavy atom. The monoisotopic (exact) mass is 325 g/mol. The van der Waals surface area contributed by atoms with E-state index >= 15 is 0 Å². The number of hydrogen-bond acceptors (Lipinski definition) is 2. The summed E-state index contributed by atoms with van der Waals surface area (Å²) in [6.07, 6.45) is 2.53. The van der Waals surface area contributed by atoms with E-state index in [0.717, 1.165) is 30.6 Å². The molecule has 1 aliphatic heterocycles. The van der Waals surface area contributed by atoms with Gasteiger partial charge in [0.2, 0.25) is 0 Å². The predicted octanol–water partition coefficient (Wildman–Crippen LogP) is 4.65. The quantitative estimate of drug-likeness (QED) is 0.819. The van der Waals surface area contributed by atoms with Crippen molar-refractivity contribution in [2.75, 3.05) is 13.1 Å². The number of hydrogen-bond donors (Lipinski definition) is 0. The van der Waals surface area contributed by atoms with Gasteiger partial charge in [-0.25, -0.2) is 0 Å². The molecule has 128 valence electrons. The average Bonchev–Trinajstić information content (AvgIpc) is 2.58. The van der Waals surface area contributed by atoms with E-state index in [-0.39, 0.29) is 11.3 Å². The summed E-state index contributed by atoms with van der Waals surface area (Å²) in [5.74, 6) is 0.892. The Morgan fingerprint density at radius 1 is 1.21 bits per heavy atom. The standard InChI is InChI=1S/C21H27NO2/c1-4-19(20(23)22-13-7-12-21(2,3)15-22)24-18-11-10-16-8-5-6-9-17(16)14-18/h5-6,8-11,14,19H,4,7,12-13,15H2,1-3H3/t19-/m1/s1. The Kier molecular flexibility index (Phi) is 4.79. The first kappa shape index (κ1) is 16.8. The Bertz CT molecular complexity index is 723. The van der Waals surface area contributed by atoms with E-state index in [0.29, 0.717) is 6.42 Å². The minimum absolute atomic E-state index is 0.124. The molecule has 1 saturated heterocycles. The van der Waals surface area contributed by atoms with Crippen LogP contribution in [0.5, 0.6) is 5.75 Å². The number of ether oxygens (including phenoxy) is 1. The highest BCUT2D eigenvalue weighted by molar-refractivity contribution is 5.84. The van der Waals surface area contributed by atoms with Gasteiger partial charge in [-0.3, -0.25) is 4.79 Å². The largest absolute Gasteiger partial charge is 0.481 e.